The summed E-state index contributed by atoms with van der Waals surface area (Å²) in [6.07, 6.45) is 3.87. The normalized spacial score (nSPS) is 21.4. The molecule has 2 saturated heterocycles. The van der Waals surface area contributed by atoms with Crippen molar-refractivity contribution in [3.63, 3.8) is 0 Å². The van der Waals surface area contributed by atoms with Crippen LogP contribution in [0, 0.1) is 6.92 Å². The lowest BCUT2D eigenvalue weighted by molar-refractivity contribution is 0.0998. The maximum absolute atomic E-state index is 12.8. The van der Waals surface area contributed by atoms with Crippen molar-refractivity contribution < 1.29 is 13.9 Å². The minimum Gasteiger partial charge on any atom is -0.497 e. The number of nitrogens with one attached hydrogen (secondary N) is 1. The van der Waals surface area contributed by atoms with Gasteiger partial charge in [0.05, 0.1) is 7.11 Å². The van der Waals surface area contributed by atoms with E-state index in [0.717, 1.165) is 35.5 Å². The third-order valence-corrected chi connectivity index (χ3v) is 7.01. The van der Waals surface area contributed by atoms with Crippen molar-refractivity contribution in [1.82, 2.24) is 4.90 Å². The number of amides is 1. The first kappa shape index (κ1) is 20.9. The van der Waals surface area contributed by atoms with Crippen LogP contribution in [0.5, 0.6) is 5.75 Å². The molecule has 6 heteroatoms. The summed E-state index contributed by atoms with van der Waals surface area (Å²) in [5.74, 6) is 0.777. The zero-order valence-corrected chi connectivity index (χ0v) is 19.1. The van der Waals surface area contributed by atoms with Crippen LogP contribution in [0.15, 0.2) is 46.9 Å². The molecule has 5 rings (SSSR count). The Morgan fingerprint density at radius 1 is 1.12 bits per heavy atom. The summed E-state index contributed by atoms with van der Waals surface area (Å²) in [5, 5.41) is 3.85. The van der Waals surface area contributed by atoms with Crippen LogP contribution in [-0.4, -0.2) is 49.6 Å². The lowest BCUT2D eigenvalue weighted by atomic mass is 10.1. The number of methoxy groups -OCH3 is 1. The number of furan rings is 1. The van der Waals surface area contributed by atoms with E-state index < -0.39 is 0 Å². The number of anilines is 2. The number of benzene rings is 2. The van der Waals surface area contributed by atoms with Gasteiger partial charge in [0, 0.05) is 41.9 Å². The highest BCUT2D eigenvalue weighted by Gasteiger charge is 2.33. The highest BCUT2D eigenvalue weighted by molar-refractivity contribution is 6.05. The Labute approximate surface area is 189 Å². The van der Waals surface area contributed by atoms with Crippen molar-refractivity contribution in [1.29, 1.82) is 0 Å². The fourth-order valence-corrected chi connectivity index (χ4v) is 5.17. The highest BCUT2D eigenvalue weighted by Crippen LogP contribution is 2.31. The van der Waals surface area contributed by atoms with E-state index in [2.05, 4.69) is 34.2 Å². The Balaban J connectivity index is 1.27. The summed E-state index contributed by atoms with van der Waals surface area (Å²) in [5.41, 5.74) is 3.75. The molecule has 0 spiro atoms. The van der Waals surface area contributed by atoms with Crippen LogP contribution in [0.3, 0.4) is 0 Å². The molecule has 0 bridgehead atoms. The van der Waals surface area contributed by atoms with E-state index >= 15 is 0 Å². The minimum atomic E-state index is -0.250. The van der Waals surface area contributed by atoms with Crippen molar-refractivity contribution in [3.05, 3.63) is 53.8 Å². The molecule has 2 fully saturated rings. The molecule has 3 heterocycles. The maximum atomic E-state index is 12.8. The van der Waals surface area contributed by atoms with Gasteiger partial charge in [0.15, 0.2) is 5.76 Å². The van der Waals surface area contributed by atoms with E-state index in [1.54, 1.807) is 13.2 Å². The van der Waals surface area contributed by atoms with Crippen LogP contribution in [0.1, 0.15) is 42.3 Å². The van der Waals surface area contributed by atoms with Crippen molar-refractivity contribution in [3.8, 4) is 5.75 Å². The number of hydrogen-bond donors (Lipinski definition) is 1. The van der Waals surface area contributed by atoms with Gasteiger partial charge in [-0.3, -0.25) is 9.69 Å². The van der Waals surface area contributed by atoms with Gasteiger partial charge in [-0.1, -0.05) is 0 Å². The van der Waals surface area contributed by atoms with Crippen LogP contribution < -0.4 is 15.0 Å². The van der Waals surface area contributed by atoms with E-state index in [0.29, 0.717) is 23.4 Å². The van der Waals surface area contributed by atoms with E-state index in [1.807, 2.05) is 31.2 Å². The summed E-state index contributed by atoms with van der Waals surface area (Å²) in [6.45, 7) is 7.80. The standard InChI is InChI=1S/C26H31N3O3/c1-17-13-20(28-12-10-21(16-28)29-11-4-5-18(29)2)6-8-23(17)27-26(30)25-15-19-14-22(31-3)7-9-24(19)32-25/h6-9,13-15,18,21H,4-5,10-12,16H2,1-3H3,(H,27,30). The maximum Gasteiger partial charge on any atom is 0.291 e. The number of likely N-dealkylation sites (tertiary alicyclic amines) is 1. The fraction of sp³-hybridized carbons (Fsp3) is 0.423. The average molecular weight is 434 g/mol. The van der Waals surface area contributed by atoms with E-state index in [4.69, 9.17) is 9.15 Å². The third kappa shape index (κ3) is 3.95. The lowest BCUT2D eigenvalue weighted by Gasteiger charge is -2.28. The van der Waals surface area contributed by atoms with Gasteiger partial charge in [-0.15, -0.1) is 0 Å². The largest absolute Gasteiger partial charge is 0.497 e. The van der Waals surface area contributed by atoms with Crippen molar-refractivity contribution in [2.24, 2.45) is 0 Å². The molecule has 6 nitrogen and oxygen atoms in total. The van der Waals surface area contributed by atoms with E-state index in [9.17, 15) is 4.79 Å². The molecule has 1 aromatic heterocycles. The van der Waals surface area contributed by atoms with Crippen LogP contribution >= 0.6 is 0 Å². The summed E-state index contributed by atoms with van der Waals surface area (Å²) < 4.78 is 11.0. The summed E-state index contributed by atoms with van der Waals surface area (Å²) in [6, 6.07) is 14.9. The highest BCUT2D eigenvalue weighted by atomic mass is 16.5. The van der Waals surface area contributed by atoms with Crippen molar-refractivity contribution in [2.45, 2.75) is 45.2 Å². The quantitative estimate of drug-likeness (QED) is 0.609. The number of ether oxygens (including phenoxy) is 1. The van der Waals surface area contributed by atoms with Crippen LogP contribution in [-0.2, 0) is 0 Å². The Bertz CT molecular complexity index is 1140. The molecular weight excluding hydrogens is 402 g/mol. The molecule has 2 unspecified atom stereocenters. The zero-order valence-electron chi connectivity index (χ0n) is 19.1. The Morgan fingerprint density at radius 2 is 2.00 bits per heavy atom. The average Bonchev–Trinajstić information content (AvgIpc) is 3.53. The van der Waals surface area contributed by atoms with Crippen molar-refractivity contribution in [2.75, 3.05) is 37.0 Å². The van der Waals surface area contributed by atoms with E-state index in [1.165, 1.54) is 31.5 Å². The number of hydrogen-bond acceptors (Lipinski definition) is 5. The fourth-order valence-electron chi connectivity index (χ4n) is 5.17. The number of nitrogens with zero attached hydrogens (tertiary/aromatic N) is 2. The van der Waals surface area contributed by atoms with Crippen LogP contribution in [0.2, 0.25) is 0 Å². The molecule has 2 aromatic carbocycles. The number of aryl methyl sites for hydroxylation is 1. The topological polar surface area (TPSA) is 58.0 Å². The Morgan fingerprint density at radius 3 is 2.75 bits per heavy atom. The number of rotatable bonds is 5. The molecule has 0 radical (unpaired) electrons. The van der Waals surface area contributed by atoms with Gasteiger partial charge in [0.1, 0.15) is 11.3 Å². The SMILES string of the molecule is COc1ccc2oc(C(=O)Nc3ccc(N4CCC(N5CCCC5C)C4)cc3C)cc2c1. The number of fused-ring (bicyclic) bond motifs is 1. The molecule has 1 amide bonds. The van der Waals surface area contributed by atoms with Gasteiger partial charge in [-0.25, -0.2) is 0 Å². The first-order valence-electron chi connectivity index (χ1n) is 11.5. The molecule has 2 aliphatic rings. The smallest absolute Gasteiger partial charge is 0.291 e. The lowest BCUT2D eigenvalue weighted by Crippen LogP contribution is -2.39. The summed E-state index contributed by atoms with van der Waals surface area (Å²) in [4.78, 5) is 18.0. The van der Waals surface area contributed by atoms with Crippen molar-refractivity contribution >= 4 is 28.3 Å². The first-order valence-corrected chi connectivity index (χ1v) is 11.5. The van der Waals surface area contributed by atoms with Gasteiger partial charge < -0.3 is 19.4 Å². The van der Waals surface area contributed by atoms with Gasteiger partial charge in [0.25, 0.3) is 5.91 Å². The molecular formula is C26H31N3O3. The zero-order chi connectivity index (χ0) is 22.2. The van der Waals surface area contributed by atoms with Crippen LogP contribution in [0.25, 0.3) is 11.0 Å². The summed E-state index contributed by atoms with van der Waals surface area (Å²) in [7, 11) is 1.62. The van der Waals surface area contributed by atoms with Crippen LogP contribution in [0.4, 0.5) is 11.4 Å². The van der Waals surface area contributed by atoms with E-state index in [-0.39, 0.29) is 5.91 Å². The molecule has 0 saturated carbocycles. The molecule has 32 heavy (non-hydrogen) atoms. The molecule has 1 N–H and O–H groups in total. The van der Waals surface area contributed by atoms with Gasteiger partial charge in [-0.05, 0) is 87.7 Å². The first-order chi connectivity index (χ1) is 15.5. The molecule has 2 atom stereocenters. The summed E-state index contributed by atoms with van der Waals surface area (Å²) >= 11 is 0. The van der Waals surface area contributed by atoms with Gasteiger partial charge >= 0.3 is 0 Å². The molecule has 2 aliphatic heterocycles. The van der Waals surface area contributed by atoms with Gasteiger partial charge in [0.2, 0.25) is 0 Å². The second-order valence-electron chi connectivity index (χ2n) is 9.09. The second-order valence-corrected chi connectivity index (χ2v) is 9.09. The predicted molar refractivity (Wildman–Crippen MR) is 128 cm³/mol. The Hall–Kier alpha value is -2.99. The monoisotopic (exact) mass is 433 g/mol. The molecule has 0 aliphatic carbocycles. The Kier molecular flexibility index (Phi) is 5.55. The minimum absolute atomic E-state index is 0.250. The molecule has 168 valence electrons. The predicted octanol–water partition coefficient (Wildman–Crippen LogP) is 5.07. The number of carbonyl (C=O) groups is 1. The second kappa shape index (κ2) is 8.51. The van der Waals surface area contributed by atoms with Gasteiger partial charge in [-0.2, -0.15) is 0 Å². The molecule has 3 aromatic rings. The third-order valence-electron chi connectivity index (χ3n) is 7.01. The number of carbonyl (C=O) groups excluding carboxylic acids is 1.